The molecule has 0 N–H and O–H groups in total. The van der Waals surface area contributed by atoms with Gasteiger partial charge in [-0.2, -0.15) is 0 Å². The number of hydrogen-bond acceptors (Lipinski definition) is 2. The van der Waals surface area contributed by atoms with Gasteiger partial charge in [0.2, 0.25) is 0 Å². The Labute approximate surface area is 222 Å². The van der Waals surface area contributed by atoms with Gasteiger partial charge in [0.25, 0.3) is 0 Å². The molecule has 0 saturated carbocycles. The van der Waals surface area contributed by atoms with Gasteiger partial charge in [0.05, 0.1) is 12.5 Å². The normalized spacial score (nSPS) is 12.4. The van der Waals surface area contributed by atoms with E-state index in [0.717, 1.165) is 6.42 Å². The van der Waals surface area contributed by atoms with Crippen molar-refractivity contribution in [2.45, 2.75) is 188 Å². The molecule has 2 nitrogen and oxygen atoms in total. The summed E-state index contributed by atoms with van der Waals surface area (Å²) in [6.45, 7) is 9.57. The van der Waals surface area contributed by atoms with Crippen LogP contribution in [0.4, 0.5) is 0 Å². The fourth-order valence-corrected chi connectivity index (χ4v) is 5.14. The first-order chi connectivity index (χ1) is 17.2. The fraction of sp³-hybridized carbons (Fsp3) is 0.970. The van der Waals surface area contributed by atoms with E-state index in [1.54, 1.807) is 0 Å². The third-order valence-electron chi connectivity index (χ3n) is 7.79. The SMILES string of the molecule is CCCCCCCCCCC(C)C(=O)OCC(CCCCCCCCC)CCCCCCCCC. The molecule has 0 bridgehead atoms. The maximum Gasteiger partial charge on any atom is 0.308 e. The summed E-state index contributed by atoms with van der Waals surface area (Å²) < 4.78 is 5.87. The predicted octanol–water partition coefficient (Wildman–Crippen LogP) is 11.6. The van der Waals surface area contributed by atoms with E-state index in [1.165, 1.54) is 154 Å². The zero-order chi connectivity index (χ0) is 25.8. The molecule has 0 fully saturated rings. The van der Waals surface area contributed by atoms with E-state index < -0.39 is 0 Å². The van der Waals surface area contributed by atoms with Crippen LogP contribution in [0, 0.1) is 11.8 Å². The van der Waals surface area contributed by atoms with Crippen molar-refractivity contribution in [2.24, 2.45) is 11.8 Å². The molecule has 210 valence electrons. The molecule has 0 saturated heterocycles. The predicted molar refractivity (Wildman–Crippen MR) is 156 cm³/mol. The van der Waals surface area contributed by atoms with Gasteiger partial charge in [-0.15, -0.1) is 0 Å². The zero-order valence-electron chi connectivity index (χ0n) is 24.9. The number of esters is 1. The molecule has 1 atom stereocenters. The van der Waals surface area contributed by atoms with Crippen LogP contribution in [0.25, 0.3) is 0 Å². The molecule has 0 rings (SSSR count). The lowest BCUT2D eigenvalue weighted by molar-refractivity contribution is -0.149. The lowest BCUT2D eigenvalue weighted by atomic mass is 9.94. The van der Waals surface area contributed by atoms with Gasteiger partial charge in [-0.1, -0.05) is 169 Å². The Morgan fingerprint density at radius 3 is 1.17 bits per heavy atom. The number of carbonyl (C=O) groups is 1. The average Bonchev–Trinajstić information content (AvgIpc) is 2.86. The zero-order valence-corrected chi connectivity index (χ0v) is 24.9. The summed E-state index contributed by atoms with van der Waals surface area (Å²) in [4.78, 5) is 12.6. The van der Waals surface area contributed by atoms with E-state index in [9.17, 15) is 4.79 Å². The molecule has 0 aliphatic rings. The molecule has 0 heterocycles. The Morgan fingerprint density at radius 1 is 0.486 bits per heavy atom. The van der Waals surface area contributed by atoms with Gasteiger partial charge < -0.3 is 4.74 Å². The molecule has 0 aliphatic carbocycles. The van der Waals surface area contributed by atoms with Gasteiger partial charge in [-0.3, -0.25) is 4.79 Å². The van der Waals surface area contributed by atoms with E-state index in [4.69, 9.17) is 4.74 Å². The average molecular weight is 495 g/mol. The van der Waals surface area contributed by atoms with Gasteiger partial charge in [-0.05, 0) is 25.2 Å². The first-order valence-corrected chi connectivity index (χ1v) is 16.3. The van der Waals surface area contributed by atoms with Crippen LogP contribution in [0.3, 0.4) is 0 Å². The standard InChI is InChI=1S/C33H66O2/c1-5-8-11-14-17-20-21-24-27-31(4)33(34)35-30-32(28-25-22-18-15-12-9-6-2)29-26-23-19-16-13-10-7-3/h31-32H,5-30H2,1-4H3. The summed E-state index contributed by atoms with van der Waals surface area (Å²) in [5.74, 6) is 0.686. The lowest BCUT2D eigenvalue weighted by Gasteiger charge is -2.19. The largest absolute Gasteiger partial charge is 0.465 e. The van der Waals surface area contributed by atoms with Gasteiger partial charge in [-0.25, -0.2) is 0 Å². The van der Waals surface area contributed by atoms with E-state index >= 15 is 0 Å². The molecule has 0 aromatic carbocycles. The van der Waals surface area contributed by atoms with Crippen molar-refractivity contribution in [1.29, 1.82) is 0 Å². The van der Waals surface area contributed by atoms with Crippen LogP contribution < -0.4 is 0 Å². The van der Waals surface area contributed by atoms with E-state index in [2.05, 4.69) is 27.7 Å². The Bertz CT molecular complexity index is 401. The minimum atomic E-state index is 0.0528. The number of carbonyl (C=O) groups excluding carboxylic acids is 1. The Morgan fingerprint density at radius 2 is 0.800 bits per heavy atom. The first-order valence-electron chi connectivity index (χ1n) is 16.3. The number of ether oxygens (including phenoxy) is 1. The smallest absolute Gasteiger partial charge is 0.308 e. The maximum absolute atomic E-state index is 12.6. The molecule has 35 heavy (non-hydrogen) atoms. The molecule has 2 heteroatoms. The maximum atomic E-state index is 12.6. The van der Waals surface area contributed by atoms with Crippen LogP contribution in [-0.2, 0) is 9.53 Å². The highest BCUT2D eigenvalue weighted by atomic mass is 16.5. The van der Waals surface area contributed by atoms with Crippen molar-refractivity contribution in [3.63, 3.8) is 0 Å². The highest BCUT2D eigenvalue weighted by molar-refractivity contribution is 5.71. The summed E-state index contributed by atoms with van der Waals surface area (Å²) in [5.41, 5.74) is 0. The summed E-state index contributed by atoms with van der Waals surface area (Å²) in [6.07, 6.45) is 33.1. The van der Waals surface area contributed by atoms with Crippen molar-refractivity contribution < 1.29 is 9.53 Å². The number of hydrogen-bond donors (Lipinski definition) is 0. The van der Waals surface area contributed by atoms with E-state index in [1.807, 2.05) is 0 Å². The second-order valence-electron chi connectivity index (χ2n) is 11.5. The Balaban J connectivity index is 4.11. The van der Waals surface area contributed by atoms with Gasteiger partial charge in [0.15, 0.2) is 0 Å². The quantitative estimate of drug-likeness (QED) is 0.0798. The lowest BCUT2D eigenvalue weighted by Crippen LogP contribution is -2.20. The Hall–Kier alpha value is -0.530. The molecular weight excluding hydrogens is 428 g/mol. The van der Waals surface area contributed by atoms with Crippen LogP contribution in [0.5, 0.6) is 0 Å². The summed E-state index contributed by atoms with van der Waals surface area (Å²) in [5, 5.41) is 0. The summed E-state index contributed by atoms with van der Waals surface area (Å²) in [7, 11) is 0. The van der Waals surface area contributed by atoms with Gasteiger partial charge in [0, 0.05) is 0 Å². The van der Waals surface area contributed by atoms with Crippen LogP contribution >= 0.6 is 0 Å². The van der Waals surface area contributed by atoms with Crippen LogP contribution in [0.15, 0.2) is 0 Å². The summed E-state index contributed by atoms with van der Waals surface area (Å²) in [6, 6.07) is 0. The molecule has 1 unspecified atom stereocenters. The van der Waals surface area contributed by atoms with Crippen LogP contribution in [0.2, 0.25) is 0 Å². The molecule has 0 aliphatic heterocycles. The van der Waals surface area contributed by atoms with E-state index in [-0.39, 0.29) is 11.9 Å². The highest BCUT2D eigenvalue weighted by Crippen LogP contribution is 2.21. The number of rotatable bonds is 28. The molecule has 0 amide bonds. The van der Waals surface area contributed by atoms with Crippen molar-refractivity contribution >= 4 is 5.97 Å². The fourth-order valence-electron chi connectivity index (χ4n) is 5.14. The monoisotopic (exact) mass is 495 g/mol. The van der Waals surface area contributed by atoms with Crippen LogP contribution in [0.1, 0.15) is 188 Å². The van der Waals surface area contributed by atoms with E-state index in [0.29, 0.717) is 12.5 Å². The first kappa shape index (κ1) is 34.5. The molecular formula is C33H66O2. The Kier molecular flexibility index (Phi) is 27.6. The number of unbranched alkanes of at least 4 members (excludes halogenated alkanes) is 19. The van der Waals surface area contributed by atoms with Crippen molar-refractivity contribution in [1.82, 2.24) is 0 Å². The minimum absolute atomic E-state index is 0.0528. The second kappa shape index (κ2) is 28.0. The van der Waals surface area contributed by atoms with Crippen molar-refractivity contribution in [2.75, 3.05) is 6.61 Å². The minimum Gasteiger partial charge on any atom is -0.465 e. The third-order valence-corrected chi connectivity index (χ3v) is 7.79. The third kappa shape index (κ3) is 24.9. The topological polar surface area (TPSA) is 26.3 Å². The van der Waals surface area contributed by atoms with Gasteiger partial charge in [0.1, 0.15) is 0 Å². The highest BCUT2D eigenvalue weighted by Gasteiger charge is 2.17. The van der Waals surface area contributed by atoms with Crippen molar-refractivity contribution in [3.05, 3.63) is 0 Å². The van der Waals surface area contributed by atoms with Crippen molar-refractivity contribution in [3.8, 4) is 0 Å². The molecule has 0 radical (unpaired) electrons. The van der Waals surface area contributed by atoms with Gasteiger partial charge >= 0.3 is 5.97 Å². The second-order valence-corrected chi connectivity index (χ2v) is 11.5. The summed E-state index contributed by atoms with van der Waals surface area (Å²) >= 11 is 0. The molecule has 0 spiro atoms. The van der Waals surface area contributed by atoms with Crippen LogP contribution in [-0.4, -0.2) is 12.6 Å². The molecule has 0 aromatic rings. The molecule has 0 aromatic heterocycles.